The molecular weight excluding hydrogens is 291 g/mol. The summed E-state index contributed by atoms with van der Waals surface area (Å²) in [5.41, 5.74) is 2.93. The third-order valence-corrected chi connectivity index (χ3v) is 3.83. The van der Waals surface area contributed by atoms with Gasteiger partial charge in [0, 0.05) is 12.7 Å². The monoisotopic (exact) mass is 306 g/mol. The maximum atomic E-state index is 14.0. The quantitative estimate of drug-likeness (QED) is 0.580. The van der Waals surface area contributed by atoms with Crippen LogP contribution in [-0.4, -0.2) is 20.9 Å². The maximum absolute atomic E-state index is 14.0. The fraction of sp³-hybridized carbons (Fsp3) is 0.333. The van der Waals surface area contributed by atoms with E-state index in [1.54, 1.807) is 0 Å². The van der Waals surface area contributed by atoms with Crippen LogP contribution >= 0.6 is 11.6 Å². The summed E-state index contributed by atoms with van der Waals surface area (Å²) in [6, 6.07) is 3.85. The Balaban J connectivity index is 2.27. The number of pyridine rings is 2. The summed E-state index contributed by atoms with van der Waals surface area (Å²) < 4.78 is 15.8. The van der Waals surface area contributed by atoms with E-state index >= 15 is 0 Å². The molecule has 3 heterocycles. The van der Waals surface area contributed by atoms with Gasteiger partial charge in [0.25, 0.3) is 0 Å². The van der Waals surface area contributed by atoms with Gasteiger partial charge < -0.3 is 5.32 Å². The van der Waals surface area contributed by atoms with Crippen LogP contribution in [0, 0.1) is 12.9 Å². The molecule has 0 aromatic carbocycles. The fourth-order valence-corrected chi connectivity index (χ4v) is 2.61. The van der Waals surface area contributed by atoms with Crippen molar-refractivity contribution in [2.45, 2.75) is 26.7 Å². The van der Waals surface area contributed by atoms with Gasteiger partial charge in [-0.3, -0.25) is 4.40 Å². The van der Waals surface area contributed by atoms with Crippen LogP contribution in [0.3, 0.4) is 0 Å². The molecule has 4 nitrogen and oxygen atoms in total. The van der Waals surface area contributed by atoms with E-state index in [9.17, 15) is 4.39 Å². The van der Waals surface area contributed by atoms with Crippen LogP contribution in [0.5, 0.6) is 0 Å². The van der Waals surface area contributed by atoms with Crippen molar-refractivity contribution in [1.82, 2.24) is 14.4 Å². The van der Waals surface area contributed by atoms with Gasteiger partial charge in [-0.1, -0.05) is 31.0 Å². The predicted molar refractivity (Wildman–Crippen MR) is 83.6 cm³/mol. The van der Waals surface area contributed by atoms with Crippen molar-refractivity contribution in [3.05, 3.63) is 34.9 Å². The lowest BCUT2D eigenvalue weighted by Crippen LogP contribution is -2.05. The van der Waals surface area contributed by atoms with Crippen LogP contribution in [0.25, 0.3) is 16.7 Å². The molecule has 0 saturated carbocycles. The fourth-order valence-electron chi connectivity index (χ4n) is 2.38. The molecule has 110 valence electrons. The van der Waals surface area contributed by atoms with Crippen molar-refractivity contribution < 1.29 is 4.39 Å². The van der Waals surface area contributed by atoms with Gasteiger partial charge in [0.2, 0.25) is 5.95 Å². The summed E-state index contributed by atoms with van der Waals surface area (Å²) in [5.74, 6) is -0.227. The lowest BCUT2D eigenvalue weighted by Gasteiger charge is -2.07. The summed E-state index contributed by atoms with van der Waals surface area (Å²) >= 11 is 6.11. The first-order valence-corrected chi connectivity index (χ1v) is 7.37. The highest BCUT2D eigenvalue weighted by atomic mass is 35.5. The average molecular weight is 307 g/mol. The number of aromatic nitrogens is 3. The van der Waals surface area contributed by atoms with E-state index in [0.717, 1.165) is 30.6 Å². The molecule has 0 saturated heterocycles. The molecule has 0 aliphatic heterocycles. The lowest BCUT2D eigenvalue weighted by molar-refractivity contribution is 0.587. The van der Waals surface area contributed by atoms with Crippen molar-refractivity contribution in [3.8, 4) is 0 Å². The molecule has 0 unspecified atom stereocenters. The maximum Gasteiger partial charge on any atom is 0.235 e. The predicted octanol–water partition coefficient (Wildman–Crippen LogP) is 4.20. The average Bonchev–Trinajstić information content (AvgIpc) is 2.86. The Kier molecular flexibility index (Phi) is 3.68. The van der Waals surface area contributed by atoms with E-state index in [1.807, 2.05) is 29.7 Å². The molecule has 6 heteroatoms. The van der Waals surface area contributed by atoms with Gasteiger partial charge in [0.15, 0.2) is 5.82 Å². The van der Waals surface area contributed by atoms with E-state index < -0.39 is 5.95 Å². The number of fused-ring (bicyclic) bond motifs is 3. The number of nitrogens with zero attached hydrogens (tertiary/aromatic N) is 3. The van der Waals surface area contributed by atoms with E-state index in [1.165, 1.54) is 0 Å². The molecule has 3 aromatic rings. The molecule has 21 heavy (non-hydrogen) atoms. The molecule has 0 amide bonds. The zero-order chi connectivity index (χ0) is 15.0. The zero-order valence-corrected chi connectivity index (χ0v) is 12.7. The minimum Gasteiger partial charge on any atom is -0.368 e. The molecule has 3 rings (SSSR count). The normalized spacial score (nSPS) is 11.4. The smallest absolute Gasteiger partial charge is 0.235 e. The first-order chi connectivity index (χ1) is 10.1. The second kappa shape index (κ2) is 5.48. The van der Waals surface area contributed by atoms with Gasteiger partial charge in [-0.05, 0) is 25.0 Å². The van der Waals surface area contributed by atoms with Crippen molar-refractivity contribution in [3.63, 3.8) is 0 Å². The van der Waals surface area contributed by atoms with Crippen LogP contribution in [0.15, 0.2) is 18.3 Å². The molecule has 3 aromatic heterocycles. The van der Waals surface area contributed by atoms with E-state index in [-0.39, 0.29) is 5.02 Å². The van der Waals surface area contributed by atoms with Gasteiger partial charge in [-0.25, -0.2) is 4.98 Å². The summed E-state index contributed by atoms with van der Waals surface area (Å²) in [6.07, 6.45) is 3.87. The zero-order valence-electron chi connectivity index (χ0n) is 12.0. The third kappa shape index (κ3) is 2.31. The number of imidazole rings is 1. The topological polar surface area (TPSA) is 42.2 Å². The summed E-state index contributed by atoms with van der Waals surface area (Å²) in [6.45, 7) is 4.79. The van der Waals surface area contributed by atoms with Gasteiger partial charge >= 0.3 is 0 Å². The minimum absolute atomic E-state index is 0.00383. The van der Waals surface area contributed by atoms with Gasteiger partial charge in [0.1, 0.15) is 21.7 Å². The lowest BCUT2D eigenvalue weighted by atomic mass is 10.3. The third-order valence-electron chi connectivity index (χ3n) is 3.49. The summed E-state index contributed by atoms with van der Waals surface area (Å²) in [7, 11) is 0. The van der Waals surface area contributed by atoms with Gasteiger partial charge in [0.05, 0.1) is 0 Å². The number of aryl methyl sites for hydroxylation is 1. The van der Waals surface area contributed by atoms with E-state index in [2.05, 4.69) is 22.2 Å². The number of anilines is 1. The van der Waals surface area contributed by atoms with Crippen LogP contribution in [0.1, 0.15) is 25.3 Å². The highest BCUT2D eigenvalue weighted by Crippen LogP contribution is 2.31. The van der Waals surface area contributed by atoms with Gasteiger partial charge in [-0.2, -0.15) is 9.37 Å². The van der Waals surface area contributed by atoms with Crippen molar-refractivity contribution in [2.75, 3.05) is 11.9 Å². The Morgan fingerprint density at radius 3 is 2.95 bits per heavy atom. The first-order valence-electron chi connectivity index (χ1n) is 6.99. The van der Waals surface area contributed by atoms with E-state index in [0.29, 0.717) is 16.9 Å². The second-order valence-electron chi connectivity index (χ2n) is 5.04. The van der Waals surface area contributed by atoms with Crippen LogP contribution in [0.2, 0.25) is 5.02 Å². The molecular formula is C15H16ClFN4. The Hall–Kier alpha value is -1.88. The Labute approximate surface area is 127 Å². The number of rotatable bonds is 4. The molecule has 1 N–H and O–H groups in total. The van der Waals surface area contributed by atoms with Crippen LogP contribution < -0.4 is 5.32 Å². The van der Waals surface area contributed by atoms with Crippen LogP contribution in [-0.2, 0) is 0 Å². The Morgan fingerprint density at radius 2 is 2.19 bits per heavy atom. The number of nitrogens with one attached hydrogen (secondary N) is 1. The number of unbranched alkanes of at least 4 members (excludes halogenated alkanes) is 1. The summed E-state index contributed by atoms with van der Waals surface area (Å²) in [4.78, 5) is 8.49. The molecule has 0 aliphatic carbocycles. The molecule has 0 fully saturated rings. The number of hydrogen-bond donors (Lipinski definition) is 1. The Bertz CT molecular complexity index is 812. The molecule has 0 spiro atoms. The van der Waals surface area contributed by atoms with Gasteiger partial charge in [-0.15, -0.1) is 0 Å². The number of halogens is 2. The molecule has 0 radical (unpaired) electrons. The SMILES string of the molecule is CCCCNc1nc(F)c(Cl)c2c1nc1c(C)cccn12. The molecule has 0 bridgehead atoms. The Morgan fingerprint density at radius 1 is 1.38 bits per heavy atom. The summed E-state index contributed by atoms with van der Waals surface area (Å²) in [5, 5.41) is 3.16. The molecule has 0 aliphatic rings. The van der Waals surface area contributed by atoms with E-state index in [4.69, 9.17) is 11.6 Å². The first kappa shape index (κ1) is 14.1. The highest BCUT2D eigenvalue weighted by molar-refractivity contribution is 6.35. The van der Waals surface area contributed by atoms with Crippen LogP contribution in [0.4, 0.5) is 10.2 Å². The van der Waals surface area contributed by atoms with Crippen molar-refractivity contribution >= 4 is 34.1 Å². The second-order valence-corrected chi connectivity index (χ2v) is 5.42. The minimum atomic E-state index is -0.675. The number of hydrogen-bond acceptors (Lipinski definition) is 3. The standard InChI is InChI=1S/C15H16ClFN4/c1-3-4-7-18-14-11-12(10(16)13(17)20-14)21-8-5-6-9(2)15(21)19-11/h5-6,8H,3-4,7H2,1-2H3,(H,18,20). The molecule has 0 atom stereocenters. The van der Waals surface area contributed by atoms with Crippen molar-refractivity contribution in [1.29, 1.82) is 0 Å². The highest BCUT2D eigenvalue weighted by Gasteiger charge is 2.18. The van der Waals surface area contributed by atoms with Crippen molar-refractivity contribution in [2.24, 2.45) is 0 Å². The largest absolute Gasteiger partial charge is 0.368 e.